The molecule has 0 aliphatic carbocycles. The van der Waals surface area contributed by atoms with Crippen LogP contribution in [0.2, 0.25) is 0 Å². The minimum Gasteiger partial charge on any atom is -0.347 e. The topological polar surface area (TPSA) is 4.93 Å². The Morgan fingerprint density at radius 1 is 1.31 bits per heavy atom. The lowest BCUT2D eigenvalue weighted by Crippen LogP contribution is -1.93. The molecule has 0 N–H and O–H groups in total. The summed E-state index contributed by atoms with van der Waals surface area (Å²) in [5.74, 6) is 0. The van der Waals surface area contributed by atoms with E-state index >= 15 is 0 Å². The van der Waals surface area contributed by atoms with Crippen LogP contribution in [0.1, 0.15) is 13.3 Å². The molecule has 0 fully saturated rings. The van der Waals surface area contributed by atoms with E-state index in [0.717, 1.165) is 6.54 Å². The second-order valence-electron chi connectivity index (χ2n) is 3.21. The molecular formula is C11H12IN. The number of hydrogen-bond donors (Lipinski definition) is 0. The first kappa shape index (κ1) is 9.06. The van der Waals surface area contributed by atoms with Gasteiger partial charge >= 0.3 is 0 Å². The lowest BCUT2D eigenvalue weighted by atomic mass is 10.2. The van der Waals surface area contributed by atoms with Crippen molar-refractivity contribution in [3.8, 4) is 0 Å². The van der Waals surface area contributed by atoms with Crippen LogP contribution in [-0.4, -0.2) is 4.57 Å². The lowest BCUT2D eigenvalue weighted by molar-refractivity contribution is 0.703. The summed E-state index contributed by atoms with van der Waals surface area (Å²) in [5.41, 5.74) is 1.35. The van der Waals surface area contributed by atoms with E-state index in [2.05, 4.69) is 64.5 Å². The fourth-order valence-electron chi connectivity index (χ4n) is 1.61. The van der Waals surface area contributed by atoms with E-state index in [4.69, 9.17) is 0 Å². The molecule has 0 aliphatic rings. The van der Waals surface area contributed by atoms with Gasteiger partial charge in [-0.15, -0.1) is 0 Å². The Hall–Kier alpha value is -0.510. The molecule has 1 nitrogen and oxygen atoms in total. The van der Waals surface area contributed by atoms with E-state index in [9.17, 15) is 0 Å². The summed E-state index contributed by atoms with van der Waals surface area (Å²) in [6, 6.07) is 8.77. The number of fused-ring (bicyclic) bond motifs is 1. The molecule has 0 saturated carbocycles. The van der Waals surface area contributed by atoms with Crippen LogP contribution in [0.25, 0.3) is 10.9 Å². The summed E-state index contributed by atoms with van der Waals surface area (Å²) in [7, 11) is 0. The van der Waals surface area contributed by atoms with E-state index in [-0.39, 0.29) is 0 Å². The van der Waals surface area contributed by atoms with Crippen LogP contribution in [0.4, 0.5) is 0 Å². The van der Waals surface area contributed by atoms with Gasteiger partial charge in [-0.1, -0.05) is 6.92 Å². The molecule has 0 saturated heterocycles. The second-order valence-corrected chi connectivity index (χ2v) is 4.46. The predicted molar refractivity (Wildman–Crippen MR) is 64.9 cm³/mol. The van der Waals surface area contributed by atoms with Crippen molar-refractivity contribution in [3.05, 3.63) is 34.0 Å². The van der Waals surface area contributed by atoms with Crippen molar-refractivity contribution in [2.24, 2.45) is 0 Å². The molecule has 2 aromatic rings. The van der Waals surface area contributed by atoms with E-state index in [1.54, 1.807) is 0 Å². The molecule has 1 heterocycles. The average Bonchev–Trinajstić information content (AvgIpc) is 2.49. The summed E-state index contributed by atoms with van der Waals surface area (Å²) >= 11 is 2.35. The normalized spacial score (nSPS) is 10.9. The van der Waals surface area contributed by atoms with Gasteiger partial charge in [-0.05, 0) is 53.3 Å². The number of benzene rings is 1. The highest BCUT2D eigenvalue weighted by Crippen LogP contribution is 2.18. The van der Waals surface area contributed by atoms with E-state index in [1.165, 1.54) is 20.9 Å². The Kier molecular flexibility index (Phi) is 2.58. The maximum absolute atomic E-state index is 2.35. The molecule has 0 amide bonds. The molecule has 68 valence electrons. The molecule has 0 spiro atoms. The minimum atomic E-state index is 1.12. The maximum atomic E-state index is 2.35. The van der Waals surface area contributed by atoms with Gasteiger partial charge in [0.2, 0.25) is 0 Å². The largest absolute Gasteiger partial charge is 0.347 e. The third-order valence-corrected chi connectivity index (χ3v) is 2.87. The highest BCUT2D eigenvalue weighted by molar-refractivity contribution is 14.1. The van der Waals surface area contributed by atoms with Crippen LogP contribution < -0.4 is 0 Å². The molecule has 0 radical (unpaired) electrons. The van der Waals surface area contributed by atoms with Crippen LogP contribution >= 0.6 is 22.6 Å². The Morgan fingerprint density at radius 3 is 2.92 bits per heavy atom. The molecule has 2 rings (SSSR count). The summed E-state index contributed by atoms with van der Waals surface area (Å²) < 4.78 is 3.62. The van der Waals surface area contributed by atoms with Gasteiger partial charge in [-0.2, -0.15) is 0 Å². The van der Waals surface area contributed by atoms with Crippen molar-refractivity contribution in [2.75, 3.05) is 0 Å². The lowest BCUT2D eigenvalue weighted by Gasteiger charge is -2.02. The maximum Gasteiger partial charge on any atom is 0.0480 e. The Morgan fingerprint density at radius 2 is 2.15 bits per heavy atom. The van der Waals surface area contributed by atoms with E-state index < -0.39 is 0 Å². The number of nitrogens with zero attached hydrogens (tertiary/aromatic N) is 1. The highest BCUT2D eigenvalue weighted by Gasteiger charge is 1.99. The van der Waals surface area contributed by atoms with Crippen LogP contribution in [0.5, 0.6) is 0 Å². The van der Waals surface area contributed by atoms with Crippen molar-refractivity contribution < 1.29 is 0 Å². The third-order valence-electron chi connectivity index (χ3n) is 2.20. The molecule has 2 heteroatoms. The number of aryl methyl sites for hydroxylation is 1. The smallest absolute Gasteiger partial charge is 0.0480 e. The van der Waals surface area contributed by atoms with Crippen LogP contribution in [0, 0.1) is 3.57 Å². The third kappa shape index (κ3) is 1.73. The molecule has 13 heavy (non-hydrogen) atoms. The van der Waals surface area contributed by atoms with Gasteiger partial charge in [0.05, 0.1) is 0 Å². The molecule has 0 atom stereocenters. The summed E-state index contributed by atoms with van der Waals surface area (Å²) in [6.07, 6.45) is 3.36. The van der Waals surface area contributed by atoms with Crippen molar-refractivity contribution in [1.82, 2.24) is 4.57 Å². The number of rotatable bonds is 2. The number of halogens is 1. The van der Waals surface area contributed by atoms with Gasteiger partial charge in [0, 0.05) is 27.2 Å². The molecule has 0 aliphatic heterocycles. The Bertz CT molecular complexity index is 417. The Labute approximate surface area is 91.9 Å². The molecule has 0 bridgehead atoms. The Balaban J connectivity index is 2.55. The first-order chi connectivity index (χ1) is 6.31. The van der Waals surface area contributed by atoms with Gasteiger partial charge in [-0.3, -0.25) is 0 Å². The van der Waals surface area contributed by atoms with Gasteiger partial charge in [-0.25, -0.2) is 0 Å². The van der Waals surface area contributed by atoms with Crippen LogP contribution in [0.3, 0.4) is 0 Å². The van der Waals surface area contributed by atoms with Gasteiger partial charge in [0.1, 0.15) is 0 Å². The van der Waals surface area contributed by atoms with Crippen molar-refractivity contribution in [3.63, 3.8) is 0 Å². The van der Waals surface area contributed by atoms with E-state index in [1.807, 2.05) is 0 Å². The zero-order valence-corrected chi connectivity index (χ0v) is 9.78. The fraction of sp³-hybridized carbons (Fsp3) is 0.273. The van der Waals surface area contributed by atoms with Crippen molar-refractivity contribution in [2.45, 2.75) is 19.9 Å². The quantitative estimate of drug-likeness (QED) is 0.742. The molecule has 0 unspecified atom stereocenters. The second kappa shape index (κ2) is 3.70. The predicted octanol–water partition coefficient (Wildman–Crippen LogP) is 3.66. The first-order valence-electron chi connectivity index (χ1n) is 4.55. The van der Waals surface area contributed by atoms with Gasteiger partial charge in [0.15, 0.2) is 0 Å². The first-order valence-corrected chi connectivity index (χ1v) is 5.63. The SMILES string of the molecule is CCCn1ccc2cc(I)ccc21. The van der Waals surface area contributed by atoms with Crippen molar-refractivity contribution >= 4 is 33.5 Å². The summed E-state index contributed by atoms with van der Waals surface area (Å²) in [6.45, 7) is 3.32. The van der Waals surface area contributed by atoms with Crippen LogP contribution in [0.15, 0.2) is 30.5 Å². The van der Waals surface area contributed by atoms with Gasteiger partial charge in [0.25, 0.3) is 0 Å². The molecule has 1 aromatic heterocycles. The summed E-state index contributed by atoms with van der Waals surface area (Å²) in [5, 5.41) is 1.35. The zero-order chi connectivity index (χ0) is 9.26. The zero-order valence-electron chi connectivity index (χ0n) is 7.63. The fourth-order valence-corrected chi connectivity index (χ4v) is 2.12. The van der Waals surface area contributed by atoms with Crippen molar-refractivity contribution in [1.29, 1.82) is 0 Å². The molecule has 1 aromatic carbocycles. The molecular weight excluding hydrogens is 273 g/mol. The van der Waals surface area contributed by atoms with Gasteiger partial charge < -0.3 is 4.57 Å². The number of aromatic nitrogens is 1. The highest BCUT2D eigenvalue weighted by atomic mass is 127. The summed E-state index contributed by atoms with van der Waals surface area (Å²) in [4.78, 5) is 0. The number of hydrogen-bond acceptors (Lipinski definition) is 0. The van der Waals surface area contributed by atoms with Crippen LogP contribution in [-0.2, 0) is 6.54 Å². The standard InChI is InChI=1S/C11H12IN/c1-2-6-13-7-5-9-8-10(12)3-4-11(9)13/h3-5,7-8H,2,6H2,1H3. The van der Waals surface area contributed by atoms with E-state index in [0.29, 0.717) is 0 Å². The monoisotopic (exact) mass is 285 g/mol. The minimum absolute atomic E-state index is 1.12. The average molecular weight is 285 g/mol.